The van der Waals surface area contributed by atoms with Gasteiger partial charge in [-0.2, -0.15) is 0 Å². The van der Waals surface area contributed by atoms with E-state index in [1.807, 2.05) is 0 Å². The van der Waals surface area contributed by atoms with E-state index in [1.54, 1.807) is 0 Å². The molecule has 0 aliphatic rings. The van der Waals surface area contributed by atoms with E-state index in [2.05, 4.69) is 8.37 Å². The predicted octanol–water partition coefficient (Wildman–Crippen LogP) is -2.85. The highest BCUT2D eigenvalue weighted by Crippen LogP contribution is 2.14. The molecule has 140 valence electrons. The molecule has 0 aromatic carbocycles. The molecule has 0 aromatic rings. The summed E-state index contributed by atoms with van der Waals surface area (Å²) in [5.41, 5.74) is 0. The van der Waals surface area contributed by atoms with Crippen molar-refractivity contribution < 1.29 is 52.0 Å². The summed E-state index contributed by atoms with van der Waals surface area (Å²) in [5.74, 6) is 0. The van der Waals surface area contributed by atoms with Gasteiger partial charge in [0, 0.05) is 19.6 Å². The molecule has 0 spiro atoms. The van der Waals surface area contributed by atoms with Crippen LogP contribution in [0.2, 0.25) is 0 Å². The average Bonchev–Trinajstić information content (AvgIpc) is 2.27. The number of hydrogen-bond donors (Lipinski definition) is 1. The lowest BCUT2D eigenvalue weighted by atomic mass is 10.1. The average molecular weight is 400 g/mol. The molecule has 2 unspecified atom stereocenters. The summed E-state index contributed by atoms with van der Waals surface area (Å²) in [5, 5.41) is 0. The number of ether oxygens (including phenoxy) is 1. The van der Waals surface area contributed by atoms with Gasteiger partial charge in [-0.1, -0.05) is 0 Å². The van der Waals surface area contributed by atoms with Crippen LogP contribution in [0, 0.1) is 0 Å². The van der Waals surface area contributed by atoms with Gasteiger partial charge >= 0.3 is 0 Å². The van der Waals surface area contributed by atoms with Gasteiger partial charge in [0.25, 0.3) is 0 Å². The summed E-state index contributed by atoms with van der Waals surface area (Å²) < 4.78 is 109. The highest BCUT2D eigenvalue weighted by Gasteiger charge is 2.26. The third-order valence-electron chi connectivity index (χ3n) is 2.36. The summed E-state index contributed by atoms with van der Waals surface area (Å²) in [6, 6.07) is -1.48. The molecule has 0 radical (unpaired) electrons. The maximum atomic E-state index is 10.6. The molecular formula is C7H14NO12S3-3. The van der Waals surface area contributed by atoms with Crippen molar-refractivity contribution in [3.8, 4) is 0 Å². The fourth-order valence-electron chi connectivity index (χ4n) is 1.43. The Hall–Kier alpha value is -0.430. The molecule has 13 nitrogen and oxygen atoms in total. The van der Waals surface area contributed by atoms with Gasteiger partial charge in [-0.05, 0) is 6.92 Å². The zero-order valence-corrected chi connectivity index (χ0v) is 14.2. The second-order valence-corrected chi connectivity index (χ2v) is 7.39. The first-order chi connectivity index (χ1) is 10.1. The zero-order chi connectivity index (χ0) is 18.5. The van der Waals surface area contributed by atoms with Crippen molar-refractivity contribution in [2.45, 2.75) is 31.6 Å². The van der Waals surface area contributed by atoms with Crippen LogP contribution in [-0.2, 0) is 44.2 Å². The van der Waals surface area contributed by atoms with E-state index < -0.39 is 62.4 Å². The number of nitrogens with one attached hydrogen (secondary N) is 1. The predicted molar refractivity (Wildman–Crippen MR) is 67.9 cm³/mol. The fraction of sp³-hybridized carbons (Fsp3) is 1.00. The van der Waals surface area contributed by atoms with Crippen LogP contribution in [0.15, 0.2) is 0 Å². The van der Waals surface area contributed by atoms with Crippen LogP contribution < -0.4 is 4.72 Å². The van der Waals surface area contributed by atoms with Crippen LogP contribution >= 0.6 is 0 Å². The Morgan fingerprint density at radius 3 is 1.87 bits per heavy atom. The topological polar surface area (TPSA) is 211 Å². The van der Waals surface area contributed by atoms with Crippen LogP contribution in [0.5, 0.6) is 0 Å². The minimum Gasteiger partial charge on any atom is -0.735 e. The second-order valence-electron chi connectivity index (χ2n) is 4.19. The minimum absolute atomic E-state index is 0.586. The quantitative estimate of drug-likeness (QED) is 0.274. The Labute approximate surface area is 133 Å². The lowest BCUT2D eigenvalue weighted by molar-refractivity contribution is 0.0138. The molecule has 0 amide bonds. The Balaban J connectivity index is 5.11. The van der Waals surface area contributed by atoms with Crippen LogP contribution in [0.1, 0.15) is 13.3 Å². The van der Waals surface area contributed by atoms with Gasteiger partial charge in [0.1, 0.15) is 0 Å². The molecule has 0 heterocycles. The third-order valence-corrected chi connectivity index (χ3v) is 3.92. The molecule has 0 bridgehead atoms. The highest BCUT2D eigenvalue weighted by atomic mass is 32.3. The van der Waals surface area contributed by atoms with Crippen LogP contribution in [-0.4, -0.2) is 70.9 Å². The van der Waals surface area contributed by atoms with Gasteiger partial charge < -0.3 is 18.4 Å². The molecule has 23 heavy (non-hydrogen) atoms. The van der Waals surface area contributed by atoms with Crippen molar-refractivity contribution in [1.82, 2.24) is 4.72 Å². The van der Waals surface area contributed by atoms with Crippen molar-refractivity contribution in [3.63, 3.8) is 0 Å². The maximum Gasteiger partial charge on any atom is 0.217 e. The minimum atomic E-state index is -5.28. The number of rotatable bonds is 11. The van der Waals surface area contributed by atoms with Crippen molar-refractivity contribution in [1.29, 1.82) is 0 Å². The second kappa shape index (κ2) is 8.60. The van der Waals surface area contributed by atoms with Gasteiger partial charge in [-0.3, -0.25) is 8.37 Å². The van der Waals surface area contributed by atoms with Gasteiger partial charge in [-0.15, -0.1) is 0 Å². The Kier molecular flexibility index (Phi) is 8.44. The van der Waals surface area contributed by atoms with Crippen LogP contribution in [0.4, 0.5) is 0 Å². The van der Waals surface area contributed by atoms with Gasteiger partial charge in [-0.25, -0.2) is 30.0 Å². The van der Waals surface area contributed by atoms with Crippen LogP contribution in [0.3, 0.4) is 0 Å². The molecule has 1 N–H and O–H groups in total. The van der Waals surface area contributed by atoms with E-state index in [0.29, 0.717) is 0 Å². The first kappa shape index (κ1) is 22.6. The van der Waals surface area contributed by atoms with Crippen LogP contribution in [0.25, 0.3) is 0 Å². The van der Waals surface area contributed by atoms with Crippen molar-refractivity contribution in [2.75, 3.05) is 13.7 Å². The van der Waals surface area contributed by atoms with E-state index in [0.717, 1.165) is 14.0 Å². The van der Waals surface area contributed by atoms with Crippen molar-refractivity contribution in [2.24, 2.45) is 0 Å². The van der Waals surface area contributed by atoms with E-state index >= 15 is 0 Å². The first-order valence-corrected chi connectivity index (χ1v) is 9.70. The number of methoxy groups -OCH3 is 1. The van der Waals surface area contributed by atoms with E-state index in [4.69, 9.17) is 4.74 Å². The molecule has 0 saturated heterocycles. The smallest absolute Gasteiger partial charge is 0.217 e. The molecule has 16 heteroatoms. The third kappa shape index (κ3) is 12.6. The molecule has 0 aliphatic heterocycles. The van der Waals surface area contributed by atoms with Gasteiger partial charge in [0.05, 0.1) is 18.8 Å². The molecular weight excluding hydrogens is 386 g/mol. The van der Waals surface area contributed by atoms with Gasteiger partial charge in [0.2, 0.25) is 20.8 Å². The largest absolute Gasteiger partial charge is 0.735 e. The Morgan fingerprint density at radius 1 is 1.00 bits per heavy atom. The molecule has 3 atom stereocenters. The monoisotopic (exact) mass is 400 g/mol. The molecule has 0 saturated carbocycles. The zero-order valence-electron chi connectivity index (χ0n) is 11.8. The highest BCUT2D eigenvalue weighted by molar-refractivity contribution is 7.83. The summed E-state index contributed by atoms with van der Waals surface area (Å²) in [6.07, 6.45) is -3.56. The molecule has 0 aliphatic carbocycles. The fourth-order valence-corrected chi connectivity index (χ4v) is 2.91. The molecule has 0 rings (SSSR count). The van der Waals surface area contributed by atoms with E-state index in [-0.39, 0.29) is 0 Å². The lowest BCUT2D eigenvalue weighted by Gasteiger charge is -2.29. The standard InChI is InChI=1S/C7H17NO12S3/c1-5(8-21(9,10)11)7(20-23(15,16)17)3-6(18-2)4-19-22(12,13)14/h5-8H,3-4H2,1-2H3,(H,9,10,11)(H,12,13,14)(H,15,16,17)/p-3/t5?,6?,7-/m1/s1. The summed E-state index contributed by atoms with van der Waals surface area (Å²) in [6.45, 7) is 0.168. The maximum absolute atomic E-state index is 10.6. The molecule has 0 aromatic heterocycles. The Bertz CT molecular complexity index is 667. The van der Waals surface area contributed by atoms with E-state index in [9.17, 15) is 38.9 Å². The lowest BCUT2D eigenvalue weighted by Crippen LogP contribution is -2.45. The van der Waals surface area contributed by atoms with Crippen molar-refractivity contribution >= 4 is 31.1 Å². The summed E-state index contributed by atoms with van der Waals surface area (Å²) in [4.78, 5) is 0. The summed E-state index contributed by atoms with van der Waals surface area (Å²) >= 11 is 0. The van der Waals surface area contributed by atoms with Crippen molar-refractivity contribution in [3.05, 3.63) is 0 Å². The van der Waals surface area contributed by atoms with Gasteiger partial charge in [0.15, 0.2) is 10.3 Å². The Morgan fingerprint density at radius 2 is 1.52 bits per heavy atom. The van der Waals surface area contributed by atoms with E-state index in [1.165, 1.54) is 4.72 Å². The first-order valence-electron chi connectivity index (χ1n) is 5.63. The normalized spacial score (nSPS) is 17.6. The summed E-state index contributed by atoms with van der Waals surface area (Å²) in [7, 11) is -14.3. The SMILES string of the molecule is COC(COS(=O)(=O)[O-])C[C@@H](OS(=O)(=O)[O-])C(C)NS(=O)(=O)[O-]. The number of hydrogen-bond acceptors (Lipinski definition) is 12. The molecule has 0 fully saturated rings.